The summed E-state index contributed by atoms with van der Waals surface area (Å²) >= 11 is 0. The Morgan fingerprint density at radius 3 is 2.54 bits per heavy atom. The fraction of sp³-hybridized carbons (Fsp3) is 0.321. The summed E-state index contributed by atoms with van der Waals surface area (Å²) in [6, 6.07) is 11.9. The van der Waals surface area contributed by atoms with E-state index in [0.717, 1.165) is 55.5 Å². The van der Waals surface area contributed by atoms with Crippen molar-refractivity contribution in [1.82, 2.24) is 30.0 Å². The second-order valence-corrected chi connectivity index (χ2v) is 10.1. The van der Waals surface area contributed by atoms with Crippen LogP contribution in [-0.2, 0) is 12.7 Å². The first kappa shape index (κ1) is 26.7. The van der Waals surface area contributed by atoms with E-state index in [1.54, 1.807) is 18.3 Å². The predicted molar refractivity (Wildman–Crippen MR) is 147 cm³/mol. The number of anilines is 4. The van der Waals surface area contributed by atoms with Crippen molar-refractivity contribution in [2.45, 2.75) is 31.5 Å². The molecule has 1 aliphatic carbocycles. The number of hydrogen-bond donors (Lipinski definition) is 3. The van der Waals surface area contributed by atoms with Crippen LogP contribution in [0.5, 0.6) is 0 Å². The molecule has 3 N–H and O–H groups in total. The number of nitrogens with one attached hydrogen (secondary N) is 3. The molecule has 1 saturated carbocycles. The molecule has 0 unspecified atom stereocenters. The predicted octanol–water partition coefficient (Wildman–Crippen LogP) is 4.81. The topological polar surface area (TPSA) is 115 Å². The number of aromatic nitrogens is 5. The standard InChI is InChI=1S/C28H28F3N9O/c29-28(30,31)22-4-2-1-3-21(22)26(41)34-19-7-8-20(33-16-19)17-39-11-13-40(14-12-39)27-32-10-9-24(36-27)35-25-15-23(37-38-25)18-5-6-18/h1-4,7-10,15-16,18H,5-6,11-14,17H2,(H,34,41)(H2,32,35,36,37,38). The number of carbonyl (C=O) groups is 1. The van der Waals surface area contributed by atoms with Crippen LogP contribution in [-0.4, -0.2) is 62.1 Å². The minimum atomic E-state index is -4.62. The summed E-state index contributed by atoms with van der Waals surface area (Å²) in [5, 5.41) is 13.2. The fourth-order valence-electron chi connectivity index (χ4n) is 4.76. The van der Waals surface area contributed by atoms with E-state index in [1.165, 1.54) is 31.2 Å². The monoisotopic (exact) mass is 563 g/mol. The van der Waals surface area contributed by atoms with Crippen molar-refractivity contribution in [3.05, 3.63) is 83.4 Å². The second kappa shape index (κ2) is 11.2. The molecular formula is C28H28F3N9O. The zero-order valence-corrected chi connectivity index (χ0v) is 22.0. The molecular weight excluding hydrogens is 535 g/mol. The molecule has 41 heavy (non-hydrogen) atoms. The molecule has 4 heterocycles. The molecule has 6 rings (SSSR count). The van der Waals surface area contributed by atoms with Gasteiger partial charge in [0.2, 0.25) is 5.95 Å². The zero-order chi connectivity index (χ0) is 28.4. The van der Waals surface area contributed by atoms with Gasteiger partial charge in [0.25, 0.3) is 5.91 Å². The minimum Gasteiger partial charge on any atom is -0.338 e. The van der Waals surface area contributed by atoms with E-state index in [2.05, 4.69) is 45.6 Å². The number of nitrogens with zero attached hydrogens (tertiary/aromatic N) is 6. The Morgan fingerprint density at radius 2 is 1.80 bits per heavy atom. The summed E-state index contributed by atoms with van der Waals surface area (Å²) in [5.41, 5.74) is 0.855. The summed E-state index contributed by atoms with van der Waals surface area (Å²) in [7, 11) is 0. The van der Waals surface area contributed by atoms with Crippen LogP contribution >= 0.6 is 0 Å². The maximum Gasteiger partial charge on any atom is 0.417 e. The maximum absolute atomic E-state index is 13.3. The molecule has 2 fully saturated rings. The van der Waals surface area contributed by atoms with E-state index in [-0.39, 0.29) is 0 Å². The molecule has 1 aliphatic heterocycles. The summed E-state index contributed by atoms with van der Waals surface area (Å²) in [6.45, 7) is 3.64. The molecule has 3 aromatic heterocycles. The molecule has 2 aliphatic rings. The lowest BCUT2D eigenvalue weighted by atomic mass is 10.1. The van der Waals surface area contributed by atoms with E-state index in [1.807, 2.05) is 12.1 Å². The molecule has 1 amide bonds. The Bertz CT molecular complexity index is 1510. The Hall–Kier alpha value is -4.52. The summed E-state index contributed by atoms with van der Waals surface area (Å²) in [5.74, 6) is 1.84. The number of hydrogen-bond acceptors (Lipinski definition) is 8. The number of piperazine rings is 1. The highest BCUT2D eigenvalue weighted by atomic mass is 19.4. The van der Waals surface area contributed by atoms with Crippen LogP contribution in [0.4, 0.5) is 36.4 Å². The van der Waals surface area contributed by atoms with Gasteiger partial charge in [0, 0.05) is 56.6 Å². The van der Waals surface area contributed by atoms with Gasteiger partial charge in [0.1, 0.15) is 5.82 Å². The first-order valence-corrected chi connectivity index (χ1v) is 13.4. The van der Waals surface area contributed by atoms with E-state index in [4.69, 9.17) is 0 Å². The van der Waals surface area contributed by atoms with Gasteiger partial charge < -0.3 is 15.5 Å². The van der Waals surface area contributed by atoms with Crippen LogP contribution < -0.4 is 15.5 Å². The van der Waals surface area contributed by atoms with Crippen LogP contribution in [0.2, 0.25) is 0 Å². The third-order valence-corrected chi connectivity index (χ3v) is 7.11. The molecule has 1 aromatic carbocycles. The van der Waals surface area contributed by atoms with E-state index < -0.39 is 23.2 Å². The van der Waals surface area contributed by atoms with Crippen molar-refractivity contribution in [1.29, 1.82) is 0 Å². The number of alkyl halides is 3. The van der Waals surface area contributed by atoms with Gasteiger partial charge in [-0.05, 0) is 43.2 Å². The average molecular weight is 564 g/mol. The van der Waals surface area contributed by atoms with Gasteiger partial charge in [-0.1, -0.05) is 12.1 Å². The highest BCUT2D eigenvalue weighted by Gasteiger charge is 2.35. The number of carbonyl (C=O) groups excluding carboxylic acids is 1. The molecule has 1 saturated heterocycles. The van der Waals surface area contributed by atoms with Crippen molar-refractivity contribution in [2.24, 2.45) is 0 Å². The van der Waals surface area contributed by atoms with Gasteiger partial charge in [0.05, 0.1) is 28.7 Å². The summed E-state index contributed by atoms with van der Waals surface area (Å²) in [4.78, 5) is 30.4. The SMILES string of the molecule is O=C(Nc1ccc(CN2CCN(c3nccc(Nc4cc(C5CC5)[nH]n4)n3)CC2)nc1)c1ccccc1C(F)(F)F. The number of pyridine rings is 1. The Morgan fingerprint density at radius 1 is 1.00 bits per heavy atom. The largest absolute Gasteiger partial charge is 0.417 e. The fourth-order valence-corrected chi connectivity index (χ4v) is 4.76. The quantitative estimate of drug-likeness (QED) is 0.280. The van der Waals surface area contributed by atoms with E-state index in [9.17, 15) is 18.0 Å². The summed E-state index contributed by atoms with van der Waals surface area (Å²) in [6.07, 6.45) is 0.978. The van der Waals surface area contributed by atoms with Crippen molar-refractivity contribution in [2.75, 3.05) is 41.7 Å². The van der Waals surface area contributed by atoms with Gasteiger partial charge in [-0.2, -0.15) is 23.3 Å². The van der Waals surface area contributed by atoms with E-state index in [0.29, 0.717) is 29.9 Å². The van der Waals surface area contributed by atoms with Crippen LogP contribution in [0, 0.1) is 0 Å². The molecule has 212 valence electrons. The first-order chi connectivity index (χ1) is 19.8. The lowest BCUT2D eigenvalue weighted by Crippen LogP contribution is -2.46. The van der Waals surface area contributed by atoms with Gasteiger partial charge in [-0.25, -0.2) is 4.98 Å². The van der Waals surface area contributed by atoms with Crippen LogP contribution in [0.25, 0.3) is 0 Å². The van der Waals surface area contributed by atoms with Crippen molar-refractivity contribution in [3.63, 3.8) is 0 Å². The van der Waals surface area contributed by atoms with Crippen molar-refractivity contribution >= 4 is 29.2 Å². The highest BCUT2D eigenvalue weighted by Crippen LogP contribution is 2.39. The van der Waals surface area contributed by atoms with Crippen LogP contribution in [0.3, 0.4) is 0 Å². The number of halogens is 3. The molecule has 0 spiro atoms. The Kier molecular flexibility index (Phi) is 7.26. The molecule has 10 nitrogen and oxygen atoms in total. The number of H-pyrrole nitrogens is 1. The third-order valence-electron chi connectivity index (χ3n) is 7.11. The summed E-state index contributed by atoms with van der Waals surface area (Å²) < 4.78 is 39.8. The molecule has 13 heteroatoms. The highest BCUT2D eigenvalue weighted by molar-refractivity contribution is 6.05. The number of benzene rings is 1. The number of rotatable bonds is 8. The number of amides is 1. The van der Waals surface area contributed by atoms with Crippen molar-refractivity contribution in [3.8, 4) is 0 Å². The maximum atomic E-state index is 13.3. The van der Waals surface area contributed by atoms with Gasteiger partial charge in [-0.15, -0.1) is 0 Å². The van der Waals surface area contributed by atoms with Crippen LogP contribution in [0.1, 0.15) is 46.1 Å². The van der Waals surface area contributed by atoms with Gasteiger partial charge in [-0.3, -0.25) is 19.8 Å². The van der Waals surface area contributed by atoms with Gasteiger partial charge >= 0.3 is 6.18 Å². The lowest BCUT2D eigenvalue weighted by molar-refractivity contribution is -0.137. The minimum absolute atomic E-state index is 0.324. The number of aromatic amines is 1. The molecule has 0 bridgehead atoms. The zero-order valence-electron chi connectivity index (χ0n) is 22.0. The Balaban J connectivity index is 1.00. The Labute approximate surface area is 234 Å². The average Bonchev–Trinajstić information content (AvgIpc) is 3.72. The lowest BCUT2D eigenvalue weighted by Gasteiger charge is -2.34. The normalized spacial score (nSPS) is 16.0. The van der Waals surface area contributed by atoms with E-state index >= 15 is 0 Å². The molecule has 0 radical (unpaired) electrons. The van der Waals surface area contributed by atoms with Crippen LogP contribution in [0.15, 0.2) is 60.9 Å². The van der Waals surface area contributed by atoms with Gasteiger partial charge in [0.15, 0.2) is 5.82 Å². The molecule has 4 aromatic rings. The van der Waals surface area contributed by atoms with Crippen molar-refractivity contribution < 1.29 is 18.0 Å². The third kappa shape index (κ3) is 6.46. The smallest absolute Gasteiger partial charge is 0.338 e. The first-order valence-electron chi connectivity index (χ1n) is 13.4. The second-order valence-electron chi connectivity index (χ2n) is 10.1. The molecule has 0 atom stereocenters.